The van der Waals surface area contributed by atoms with E-state index in [4.69, 9.17) is 0 Å². The van der Waals surface area contributed by atoms with Crippen molar-refractivity contribution in [3.8, 4) is 11.3 Å². The van der Waals surface area contributed by atoms with Gasteiger partial charge in [-0.25, -0.2) is 4.98 Å². The van der Waals surface area contributed by atoms with Crippen LogP contribution in [0.2, 0.25) is 0 Å². The van der Waals surface area contributed by atoms with Crippen LogP contribution in [-0.2, 0) is 22.8 Å². The molecule has 2 aromatic heterocycles. The average molecular weight is 392 g/mol. The van der Waals surface area contributed by atoms with Crippen LogP contribution in [0.25, 0.3) is 22.3 Å². The van der Waals surface area contributed by atoms with E-state index in [9.17, 15) is 22.8 Å². The van der Waals surface area contributed by atoms with Gasteiger partial charge in [-0.2, -0.15) is 18.3 Å². The lowest BCUT2D eigenvalue weighted by atomic mass is 10.0. The lowest BCUT2D eigenvalue weighted by Gasteiger charge is -2.13. The molecule has 1 N–H and O–H groups in total. The summed E-state index contributed by atoms with van der Waals surface area (Å²) in [7, 11) is 2.73. The van der Waals surface area contributed by atoms with Gasteiger partial charge in [0, 0.05) is 12.6 Å². The van der Waals surface area contributed by atoms with E-state index in [0.29, 0.717) is 5.39 Å². The summed E-state index contributed by atoms with van der Waals surface area (Å²) in [5, 5.41) is 6.74. The van der Waals surface area contributed by atoms with E-state index >= 15 is 0 Å². The maximum atomic E-state index is 13.4. The van der Waals surface area contributed by atoms with E-state index in [-0.39, 0.29) is 29.0 Å². The zero-order chi connectivity index (χ0) is 20.5. The second kappa shape index (κ2) is 7.29. The number of halogens is 3. The lowest BCUT2D eigenvalue weighted by molar-refractivity contribution is -0.139. The Kier molecular flexibility index (Phi) is 5.04. The van der Waals surface area contributed by atoms with Gasteiger partial charge in [-0.1, -0.05) is 18.2 Å². The monoisotopic (exact) mass is 392 g/mol. The fourth-order valence-corrected chi connectivity index (χ4v) is 2.71. The van der Waals surface area contributed by atoms with Crippen molar-refractivity contribution in [3.63, 3.8) is 0 Å². The molecule has 0 radical (unpaired) electrons. The van der Waals surface area contributed by atoms with Crippen LogP contribution in [0, 0.1) is 0 Å². The summed E-state index contributed by atoms with van der Waals surface area (Å²) < 4.78 is 46.0. The predicted molar refractivity (Wildman–Crippen MR) is 93.3 cm³/mol. The van der Waals surface area contributed by atoms with E-state index in [2.05, 4.69) is 20.1 Å². The van der Waals surface area contributed by atoms with Crippen molar-refractivity contribution in [2.24, 2.45) is 7.05 Å². The van der Waals surface area contributed by atoms with Crippen molar-refractivity contribution in [3.05, 3.63) is 47.7 Å². The summed E-state index contributed by atoms with van der Waals surface area (Å²) in [4.78, 5) is 28.1. The molecule has 0 spiro atoms. The molecule has 0 saturated carbocycles. The molecule has 0 fully saturated rings. The number of rotatable bonds is 4. The van der Waals surface area contributed by atoms with Crippen molar-refractivity contribution in [2.45, 2.75) is 6.18 Å². The van der Waals surface area contributed by atoms with E-state index < -0.39 is 23.6 Å². The van der Waals surface area contributed by atoms with Crippen LogP contribution in [0.5, 0.6) is 0 Å². The predicted octanol–water partition coefficient (Wildman–Crippen LogP) is 2.56. The fourth-order valence-electron chi connectivity index (χ4n) is 2.71. The molecule has 0 aliphatic heterocycles. The first-order valence-electron chi connectivity index (χ1n) is 8.06. The highest BCUT2D eigenvalue weighted by Gasteiger charge is 2.34. The number of alkyl halides is 3. The Morgan fingerprint density at radius 1 is 1.25 bits per heavy atom. The average Bonchev–Trinajstić information content (AvgIpc) is 3.05. The molecule has 0 aliphatic carbocycles. The number of amides is 1. The number of fused-ring (bicyclic) bond motifs is 1. The number of hydrogen-bond acceptors (Lipinski definition) is 5. The molecule has 3 rings (SSSR count). The molecule has 0 aliphatic rings. The normalized spacial score (nSPS) is 11.5. The molecule has 7 nitrogen and oxygen atoms in total. The zero-order valence-electron chi connectivity index (χ0n) is 14.9. The van der Waals surface area contributed by atoms with Crippen LogP contribution < -0.4 is 5.32 Å². The third kappa shape index (κ3) is 3.66. The van der Waals surface area contributed by atoms with Crippen molar-refractivity contribution >= 4 is 22.9 Å². The standard InChI is InChI=1S/C18H15F3N4O3/c1-25-16-12(8-23-25)11(17(27)22-9-15(26)28-2)7-14(24-16)10-5-3-4-6-13(10)18(19,20)21/h3-8H,9H2,1-2H3,(H,22,27). The molecule has 0 unspecified atom stereocenters. The van der Waals surface area contributed by atoms with Gasteiger partial charge in [0.05, 0.1) is 35.5 Å². The Labute approximate surface area is 157 Å². The van der Waals surface area contributed by atoms with Crippen LogP contribution >= 0.6 is 0 Å². The highest BCUT2D eigenvalue weighted by Crippen LogP contribution is 2.37. The quantitative estimate of drug-likeness (QED) is 0.690. The Morgan fingerprint density at radius 2 is 1.96 bits per heavy atom. The van der Waals surface area contributed by atoms with Crippen molar-refractivity contribution in [2.75, 3.05) is 13.7 Å². The summed E-state index contributed by atoms with van der Waals surface area (Å²) in [6.45, 7) is -0.381. The van der Waals surface area contributed by atoms with Gasteiger partial charge in [0.25, 0.3) is 5.91 Å². The van der Waals surface area contributed by atoms with Gasteiger partial charge in [-0.05, 0) is 12.1 Å². The lowest BCUT2D eigenvalue weighted by Crippen LogP contribution is -2.30. The minimum absolute atomic E-state index is 0.0350. The Hall–Kier alpha value is -3.43. The van der Waals surface area contributed by atoms with Crippen molar-refractivity contribution in [1.29, 1.82) is 0 Å². The van der Waals surface area contributed by atoms with Crippen LogP contribution in [0.1, 0.15) is 15.9 Å². The summed E-state index contributed by atoms with van der Waals surface area (Å²) >= 11 is 0. The molecular formula is C18H15F3N4O3. The zero-order valence-corrected chi connectivity index (χ0v) is 14.9. The van der Waals surface area contributed by atoms with Gasteiger partial charge in [0.2, 0.25) is 0 Å². The summed E-state index contributed by atoms with van der Waals surface area (Å²) in [5.41, 5.74) is -0.788. The minimum atomic E-state index is -4.59. The SMILES string of the molecule is COC(=O)CNC(=O)c1cc(-c2ccccc2C(F)(F)F)nc2c1cnn2C. The van der Waals surface area contributed by atoms with Crippen LogP contribution in [0.15, 0.2) is 36.5 Å². The second-order valence-corrected chi connectivity index (χ2v) is 5.86. The number of nitrogens with zero attached hydrogens (tertiary/aromatic N) is 3. The maximum Gasteiger partial charge on any atom is 0.417 e. The van der Waals surface area contributed by atoms with Gasteiger partial charge >= 0.3 is 12.1 Å². The van der Waals surface area contributed by atoms with Crippen LogP contribution in [0.4, 0.5) is 13.2 Å². The van der Waals surface area contributed by atoms with E-state index in [0.717, 1.165) is 6.07 Å². The number of benzene rings is 1. The first kappa shape index (κ1) is 19.3. The van der Waals surface area contributed by atoms with Gasteiger partial charge in [-0.15, -0.1) is 0 Å². The number of hydrogen-bond donors (Lipinski definition) is 1. The maximum absolute atomic E-state index is 13.4. The van der Waals surface area contributed by atoms with Crippen molar-refractivity contribution in [1.82, 2.24) is 20.1 Å². The number of nitrogens with one attached hydrogen (secondary N) is 1. The molecule has 0 bridgehead atoms. The van der Waals surface area contributed by atoms with Gasteiger partial charge in [0.15, 0.2) is 5.65 Å². The van der Waals surface area contributed by atoms with E-state index in [1.54, 1.807) is 7.05 Å². The van der Waals surface area contributed by atoms with E-state index in [1.807, 2.05) is 0 Å². The number of aryl methyl sites for hydroxylation is 1. The van der Waals surface area contributed by atoms with Gasteiger partial charge in [-0.3, -0.25) is 14.3 Å². The molecule has 0 saturated heterocycles. The third-order valence-electron chi connectivity index (χ3n) is 4.08. The Balaban J connectivity index is 2.15. The molecule has 146 valence electrons. The van der Waals surface area contributed by atoms with E-state index in [1.165, 1.54) is 42.3 Å². The number of methoxy groups -OCH3 is 1. The minimum Gasteiger partial charge on any atom is -0.468 e. The molecular weight excluding hydrogens is 377 g/mol. The van der Waals surface area contributed by atoms with Crippen LogP contribution in [0.3, 0.4) is 0 Å². The Bertz CT molecular complexity index is 1060. The smallest absolute Gasteiger partial charge is 0.417 e. The molecule has 1 amide bonds. The molecule has 28 heavy (non-hydrogen) atoms. The number of aromatic nitrogens is 3. The number of esters is 1. The summed E-state index contributed by atoms with van der Waals surface area (Å²) in [6, 6.07) is 6.21. The molecule has 1 aromatic carbocycles. The first-order valence-corrected chi connectivity index (χ1v) is 8.06. The number of carbonyl (C=O) groups is 2. The molecule has 2 heterocycles. The molecule has 3 aromatic rings. The highest BCUT2D eigenvalue weighted by atomic mass is 19.4. The highest BCUT2D eigenvalue weighted by molar-refractivity contribution is 6.07. The Morgan fingerprint density at radius 3 is 2.64 bits per heavy atom. The largest absolute Gasteiger partial charge is 0.468 e. The number of carbonyl (C=O) groups excluding carboxylic acids is 2. The summed E-state index contributed by atoms with van der Waals surface area (Å²) in [5.74, 6) is -1.32. The second-order valence-electron chi connectivity index (χ2n) is 5.86. The van der Waals surface area contributed by atoms with Crippen LogP contribution in [-0.4, -0.2) is 40.3 Å². The molecule has 10 heteroatoms. The third-order valence-corrected chi connectivity index (χ3v) is 4.08. The first-order chi connectivity index (χ1) is 13.2. The summed E-state index contributed by atoms with van der Waals surface area (Å²) in [6.07, 6.45) is -3.21. The number of pyridine rings is 1. The fraction of sp³-hybridized carbons (Fsp3) is 0.222. The van der Waals surface area contributed by atoms with Gasteiger partial charge in [0.1, 0.15) is 6.54 Å². The van der Waals surface area contributed by atoms with Gasteiger partial charge < -0.3 is 10.1 Å². The topological polar surface area (TPSA) is 86.1 Å². The van der Waals surface area contributed by atoms with Crippen molar-refractivity contribution < 1.29 is 27.5 Å². The molecule has 0 atom stereocenters. The number of ether oxygens (including phenoxy) is 1.